The topological polar surface area (TPSA) is 88.3 Å². The molecule has 3 N–H and O–H groups in total. The number of carbonyl (C=O) groups excluding carboxylic acids is 1. The number of aromatic nitrogens is 2. The molecule has 22 heavy (non-hydrogen) atoms. The van der Waals surface area contributed by atoms with Crippen molar-refractivity contribution in [2.24, 2.45) is 0 Å². The predicted molar refractivity (Wildman–Crippen MR) is 79.8 cm³/mol. The van der Waals surface area contributed by atoms with Gasteiger partial charge in [0.2, 0.25) is 0 Å². The molecule has 1 aliphatic heterocycles. The number of benzene rings is 1. The van der Waals surface area contributed by atoms with Gasteiger partial charge in [-0.2, -0.15) is 5.10 Å². The Balaban J connectivity index is 1.56. The number of urea groups is 1. The second-order valence-corrected chi connectivity index (χ2v) is 5.03. The summed E-state index contributed by atoms with van der Waals surface area (Å²) in [6.45, 7) is 3.43. The minimum absolute atomic E-state index is 0.141. The van der Waals surface area contributed by atoms with Crippen LogP contribution in [0.15, 0.2) is 30.5 Å². The summed E-state index contributed by atoms with van der Waals surface area (Å²) in [5, 5.41) is 12.3. The van der Waals surface area contributed by atoms with Gasteiger partial charge in [-0.05, 0) is 30.7 Å². The molecule has 7 nitrogen and oxygen atoms in total. The number of ether oxygens (including phenoxy) is 2. The molecule has 2 aromatic rings. The van der Waals surface area contributed by atoms with Crippen LogP contribution in [0.3, 0.4) is 0 Å². The maximum absolute atomic E-state index is 11.9. The maximum Gasteiger partial charge on any atom is 0.315 e. The van der Waals surface area contributed by atoms with Crippen molar-refractivity contribution in [3.63, 3.8) is 0 Å². The molecular formula is C15H18N4O3. The molecule has 0 aliphatic carbocycles. The molecule has 0 fully saturated rings. The van der Waals surface area contributed by atoms with Gasteiger partial charge in [-0.15, -0.1) is 0 Å². The Labute approximate surface area is 128 Å². The summed E-state index contributed by atoms with van der Waals surface area (Å²) >= 11 is 0. The van der Waals surface area contributed by atoms with Gasteiger partial charge in [0.05, 0.1) is 18.3 Å². The number of aromatic amines is 1. The molecular weight excluding hydrogens is 284 g/mol. The average molecular weight is 302 g/mol. The van der Waals surface area contributed by atoms with E-state index < -0.39 is 0 Å². The molecule has 0 bridgehead atoms. The summed E-state index contributed by atoms with van der Waals surface area (Å²) in [6, 6.07) is 7.12. The number of rotatable bonds is 4. The first-order valence-corrected chi connectivity index (χ1v) is 7.14. The summed E-state index contributed by atoms with van der Waals surface area (Å²) in [4.78, 5) is 11.9. The van der Waals surface area contributed by atoms with Crippen molar-refractivity contribution in [1.82, 2.24) is 20.8 Å². The molecule has 2 amide bonds. The zero-order chi connectivity index (χ0) is 15.4. The molecule has 0 saturated heterocycles. The van der Waals surface area contributed by atoms with Crippen molar-refractivity contribution in [3.05, 3.63) is 41.7 Å². The number of nitrogens with zero attached hydrogens (tertiary/aromatic N) is 1. The summed E-state index contributed by atoms with van der Waals surface area (Å²) in [5.41, 5.74) is 1.81. The van der Waals surface area contributed by atoms with Crippen LogP contribution in [0.4, 0.5) is 4.79 Å². The van der Waals surface area contributed by atoms with E-state index in [0.29, 0.717) is 19.8 Å². The molecule has 1 aromatic heterocycles. The van der Waals surface area contributed by atoms with Crippen LogP contribution < -0.4 is 20.1 Å². The lowest BCUT2D eigenvalue weighted by Crippen LogP contribution is -2.36. The van der Waals surface area contributed by atoms with E-state index in [1.165, 1.54) is 0 Å². The van der Waals surface area contributed by atoms with E-state index in [4.69, 9.17) is 9.47 Å². The Morgan fingerprint density at radius 3 is 2.91 bits per heavy atom. The number of nitrogens with one attached hydrogen (secondary N) is 3. The van der Waals surface area contributed by atoms with Crippen LogP contribution in [0.5, 0.6) is 11.5 Å². The summed E-state index contributed by atoms with van der Waals surface area (Å²) < 4.78 is 11.0. The molecule has 0 unspecified atom stereocenters. The molecule has 3 rings (SSSR count). The summed E-state index contributed by atoms with van der Waals surface area (Å²) in [7, 11) is 0. The fourth-order valence-electron chi connectivity index (χ4n) is 2.22. The minimum Gasteiger partial charge on any atom is -0.486 e. The predicted octanol–water partition coefficient (Wildman–Crippen LogP) is 1.74. The first-order valence-electron chi connectivity index (χ1n) is 7.14. The van der Waals surface area contributed by atoms with Crippen molar-refractivity contribution in [3.8, 4) is 11.5 Å². The Bertz CT molecular complexity index is 642. The lowest BCUT2D eigenvalue weighted by atomic mass is 10.1. The third kappa shape index (κ3) is 3.30. The Kier molecular flexibility index (Phi) is 4.13. The molecule has 116 valence electrons. The summed E-state index contributed by atoms with van der Waals surface area (Å²) in [6.07, 6.45) is 1.65. The molecule has 2 heterocycles. The Morgan fingerprint density at radius 1 is 1.32 bits per heavy atom. The fourth-order valence-corrected chi connectivity index (χ4v) is 2.22. The van der Waals surface area contributed by atoms with Gasteiger partial charge < -0.3 is 20.1 Å². The first kappa shape index (κ1) is 14.2. The van der Waals surface area contributed by atoms with Crippen LogP contribution in [0.1, 0.15) is 24.2 Å². The number of amides is 2. The lowest BCUT2D eigenvalue weighted by Gasteiger charge is -2.21. The van der Waals surface area contributed by atoms with Crippen molar-refractivity contribution < 1.29 is 14.3 Å². The van der Waals surface area contributed by atoms with E-state index >= 15 is 0 Å². The number of H-pyrrole nitrogens is 1. The van der Waals surface area contributed by atoms with E-state index in [0.717, 1.165) is 22.8 Å². The first-order chi connectivity index (χ1) is 10.7. The maximum atomic E-state index is 11.9. The van der Waals surface area contributed by atoms with E-state index in [9.17, 15) is 4.79 Å². The lowest BCUT2D eigenvalue weighted by molar-refractivity contribution is 0.171. The molecule has 0 spiro atoms. The SMILES string of the molecule is C[C@H](NC(=O)NCc1ccn[nH]1)c1ccc2c(c1)OCCO2. The van der Waals surface area contributed by atoms with Gasteiger partial charge in [0.15, 0.2) is 11.5 Å². The molecule has 1 aliphatic rings. The van der Waals surface area contributed by atoms with Gasteiger partial charge in [0.1, 0.15) is 13.2 Å². The number of hydrogen-bond donors (Lipinski definition) is 3. The van der Waals surface area contributed by atoms with Crippen LogP contribution in [-0.4, -0.2) is 29.4 Å². The standard InChI is InChI=1S/C15H18N4O3/c1-10(18-15(20)16-9-12-4-5-17-19-12)11-2-3-13-14(8-11)22-7-6-21-13/h2-5,8,10H,6-7,9H2,1H3,(H,17,19)(H2,16,18,20)/t10-/m0/s1. The quantitative estimate of drug-likeness (QED) is 0.802. The highest BCUT2D eigenvalue weighted by atomic mass is 16.6. The van der Waals surface area contributed by atoms with Crippen LogP contribution in [0.2, 0.25) is 0 Å². The Morgan fingerprint density at radius 2 is 2.14 bits per heavy atom. The highest BCUT2D eigenvalue weighted by Gasteiger charge is 2.15. The van der Waals surface area contributed by atoms with Crippen molar-refractivity contribution >= 4 is 6.03 Å². The highest BCUT2D eigenvalue weighted by Crippen LogP contribution is 2.32. The van der Waals surface area contributed by atoms with Gasteiger partial charge in [-0.25, -0.2) is 4.79 Å². The van der Waals surface area contributed by atoms with Crippen LogP contribution in [-0.2, 0) is 6.54 Å². The molecule has 7 heteroatoms. The third-order valence-electron chi connectivity index (χ3n) is 3.41. The normalized spacial score (nSPS) is 14.2. The van der Waals surface area contributed by atoms with E-state index in [1.807, 2.05) is 31.2 Å². The zero-order valence-electron chi connectivity index (χ0n) is 12.3. The fraction of sp³-hybridized carbons (Fsp3) is 0.333. The minimum atomic E-state index is -0.239. The van der Waals surface area contributed by atoms with E-state index in [1.54, 1.807) is 6.20 Å². The van der Waals surface area contributed by atoms with Gasteiger partial charge in [-0.3, -0.25) is 5.10 Å². The smallest absolute Gasteiger partial charge is 0.315 e. The van der Waals surface area contributed by atoms with Gasteiger partial charge in [-0.1, -0.05) is 6.07 Å². The summed E-state index contributed by atoms with van der Waals surface area (Å²) in [5.74, 6) is 1.46. The number of carbonyl (C=O) groups is 1. The monoisotopic (exact) mass is 302 g/mol. The Hall–Kier alpha value is -2.70. The van der Waals surface area contributed by atoms with Gasteiger partial charge >= 0.3 is 6.03 Å². The van der Waals surface area contributed by atoms with Crippen LogP contribution in [0, 0.1) is 0 Å². The number of fused-ring (bicyclic) bond motifs is 1. The van der Waals surface area contributed by atoms with Crippen molar-refractivity contribution in [2.45, 2.75) is 19.5 Å². The average Bonchev–Trinajstić information content (AvgIpc) is 3.06. The van der Waals surface area contributed by atoms with Crippen molar-refractivity contribution in [2.75, 3.05) is 13.2 Å². The van der Waals surface area contributed by atoms with Gasteiger partial charge in [0, 0.05) is 6.20 Å². The zero-order valence-corrected chi connectivity index (χ0v) is 12.3. The molecule has 0 saturated carbocycles. The third-order valence-corrected chi connectivity index (χ3v) is 3.41. The highest BCUT2D eigenvalue weighted by molar-refractivity contribution is 5.74. The second kappa shape index (κ2) is 6.38. The van der Waals surface area contributed by atoms with Crippen LogP contribution >= 0.6 is 0 Å². The van der Waals surface area contributed by atoms with Crippen LogP contribution in [0.25, 0.3) is 0 Å². The molecule has 1 aromatic carbocycles. The number of hydrogen-bond acceptors (Lipinski definition) is 4. The van der Waals surface area contributed by atoms with Crippen molar-refractivity contribution in [1.29, 1.82) is 0 Å². The van der Waals surface area contributed by atoms with E-state index in [2.05, 4.69) is 20.8 Å². The largest absolute Gasteiger partial charge is 0.486 e. The van der Waals surface area contributed by atoms with Gasteiger partial charge in [0.25, 0.3) is 0 Å². The molecule has 0 radical (unpaired) electrons. The molecule has 1 atom stereocenters. The second-order valence-electron chi connectivity index (χ2n) is 5.03. The van der Waals surface area contributed by atoms with E-state index in [-0.39, 0.29) is 12.1 Å².